The highest BCUT2D eigenvalue weighted by molar-refractivity contribution is 7.99. The van der Waals surface area contributed by atoms with Crippen molar-refractivity contribution >= 4 is 29.3 Å². The first-order valence-corrected chi connectivity index (χ1v) is 11.2. The van der Waals surface area contributed by atoms with Crippen LogP contribution in [0.4, 0.5) is 5.69 Å². The van der Waals surface area contributed by atoms with Crippen molar-refractivity contribution in [3.8, 4) is 5.75 Å². The lowest BCUT2D eigenvalue weighted by Crippen LogP contribution is -2.14. The molecule has 32 heavy (non-hydrogen) atoms. The maximum atomic E-state index is 12.2. The molecule has 0 bridgehead atoms. The Morgan fingerprint density at radius 3 is 2.44 bits per heavy atom. The van der Waals surface area contributed by atoms with E-state index >= 15 is 0 Å². The minimum absolute atomic E-state index is 0.0960. The van der Waals surface area contributed by atoms with Gasteiger partial charge in [0.2, 0.25) is 5.91 Å². The van der Waals surface area contributed by atoms with Gasteiger partial charge in [-0.3, -0.25) is 4.79 Å². The first-order chi connectivity index (χ1) is 15.4. The Kier molecular flexibility index (Phi) is 8.27. The number of carbonyl (C=O) groups excluding carboxylic acids is 2. The van der Waals surface area contributed by atoms with Gasteiger partial charge in [0.1, 0.15) is 5.75 Å². The second kappa shape index (κ2) is 11.3. The molecule has 0 radical (unpaired) electrons. The van der Waals surface area contributed by atoms with E-state index in [0.717, 1.165) is 17.5 Å². The number of rotatable bonds is 10. The van der Waals surface area contributed by atoms with E-state index in [9.17, 15) is 9.59 Å². The zero-order chi connectivity index (χ0) is 22.9. The third kappa shape index (κ3) is 6.84. The summed E-state index contributed by atoms with van der Waals surface area (Å²) in [5, 5.41) is 10.9. The smallest absolute Gasteiger partial charge is 0.338 e. The topological polar surface area (TPSA) is 104 Å². The fourth-order valence-electron chi connectivity index (χ4n) is 2.68. The molecule has 0 saturated heterocycles. The number of anilines is 1. The Labute approximate surface area is 190 Å². The first-order valence-electron chi connectivity index (χ1n) is 10.2. The molecule has 0 atom stereocenters. The highest BCUT2D eigenvalue weighted by Crippen LogP contribution is 2.21. The molecule has 1 amide bonds. The van der Waals surface area contributed by atoms with Gasteiger partial charge in [-0.15, -0.1) is 10.2 Å². The molecule has 0 unspecified atom stereocenters. The monoisotopic (exact) mass is 455 g/mol. The maximum absolute atomic E-state index is 12.2. The Morgan fingerprint density at radius 2 is 1.78 bits per heavy atom. The van der Waals surface area contributed by atoms with Gasteiger partial charge in [0.15, 0.2) is 6.61 Å². The van der Waals surface area contributed by atoms with Gasteiger partial charge in [-0.2, -0.15) is 0 Å². The molecular formula is C23H25N3O5S. The van der Waals surface area contributed by atoms with E-state index in [1.807, 2.05) is 24.3 Å². The largest absolute Gasteiger partial charge is 0.484 e. The van der Waals surface area contributed by atoms with E-state index in [1.165, 1.54) is 5.56 Å². The van der Waals surface area contributed by atoms with Crippen LogP contribution < -0.4 is 10.1 Å². The van der Waals surface area contributed by atoms with Gasteiger partial charge in [0.25, 0.3) is 11.1 Å². The minimum atomic E-state index is -0.398. The fraction of sp³-hybridized carbons (Fsp3) is 0.304. The van der Waals surface area contributed by atoms with Gasteiger partial charge in [-0.05, 0) is 54.8 Å². The van der Waals surface area contributed by atoms with Crippen molar-refractivity contribution in [2.24, 2.45) is 0 Å². The average Bonchev–Trinajstić information content (AvgIpc) is 3.25. The standard InChI is InChI=1S/C23H25N3O5S/c1-4-29-22(28)17-5-9-18(10-6-17)24-20(27)14-32-23-26-25-21(31-23)13-30-19-11-7-16(8-12-19)15(2)3/h5-12,15H,4,13-14H2,1-3H3,(H,24,27). The third-order valence-corrected chi connectivity index (χ3v) is 5.18. The molecule has 0 aliphatic carbocycles. The van der Waals surface area contributed by atoms with E-state index in [4.69, 9.17) is 13.9 Å². The number of nitrogens with zero attached hydrogens (tertiary/aromatic N) is 2. The molecule has 3 rings (SSSR count). The van der Waals surface area contributed by atoms with Gasteiger partial charge in [-0.1, -0.05) is 37.7 Å². The number of hydrogen-bond donors (Lipinski definition) is 1. The Balaban J connectivity index is 1.43. The molecule has 1 heterocycles. The lowest BCUT2D eigenvalue weighted by atomic mass is 10.0. The Morgan fingerprint density at radius 1 is 1.06 bits per heavy atom. The summed E-state index contributed by atoms with van der Waals surface area (Å²) in [6.07, 6.45) is 0. The summed E-state index contributed by atoms with van der Waals surface area (Å²) in [6.45, 7) is 6.47. The van der Waals surface area contributed by atoms with Crippen LogP contribution in [0.3, 0.4) is 0 Å². The highest BCUT2D eigenvalue weighted by atomic mass is 32.2. The number of nitrogens with one attached hydrogen (secondary N) is 1. The molecule has 3 aromatic rings. The number of ether oxygens (including phenoxy) is 2. The van der Waals surface area contributed by atoms with Crippen molar-refractivity contribution in [3.63, 3.8) is 0 Å². The van der Waals surface area contributed by atoms with E-state index in [2.05, 4.69) is 29.4 Å². The van der Waals surface area contributed by atoms with Crippen molar-refractivity contribution in [2.75, 3.05) is 17.7 Å². The second-order valence-corrected chi connectivity index (χ2v) is 8.04. The van der Waals surface area contributed by atoms with Crippen LogP contribution in [-0.4, -0.2) is 34.4 Å². The van der Waals surface area contributed by atoms with Gasteiger partial charge in [-0.25, -0.2) is 4.79 Å². The summed E-state index contributed by atoms with van der Waals surface area (Å²) in [5.41, 5.74) is 2.24. The number of amides is 1. The van der Waals surface area contributed by atoms with Crippen molar-refractivity contribution in [1.82, 2.24) is 10.2 Å². The van der Waals surface area contributed by atoms with Crippen LogP contribution in [0.1, 0.15) is 48.5 Å². The molecule has 8 nitrogen and oxygen atoms in total. The summed E-state index contributed by atoms with van der Waals surface area (Å²) < 4.78 is 16.1. The first kappa shape index (κ1) is 23.3. The lowest BCUT2D eigenvalue weighted by molar-refractivity contribution is -0.113. The molecule has 1 aromatic heterocycles. The van der Waals surface area contributed by atoms with Gasteiger partial charge >= 0.3 is 5.97 Å². The summed E-state index contributed by atoms with van der Waals surface area (Å²) in [7, 11) is 0. The van der Waals surface area contributed by atoms with Crippen molar-refractivity contribution < 1.29 is 23.5 Å². The van der Waals surface area contributed by atoms with E-state index in [1.54, 1.807) is 31.2 Å². The normalized spacial score (nSPS) is 10.8. The molecule has 0 aliphatic rings. The molecule has 9 heteroatoms. The van der Waals surface area contributed by atoms with Crippen LogP contribution in [0.15, 0.2) is 58.2 Å². The summed E-state index contributed by atoms with van der Waals surface area (Å²) in [4.78, 5) is 23.8. The van der Waals surface area contributed by atoms with Crippen LogP contribution in [0.25, 0.3) is 0 Å². The average molecular weight is 456 g/mol. The second-order valence-electron chi connectivity index (χ2n) is 7.11. The van der Waals surface area contributed by atoms with Crippen LogP contribution in [-0.2, 0) is 16.1 Å². The van der Waals surface area contributed by atoms with Crippen LogP contribution in [0.2, 0.25) is 0 Å². The van der Waals surface area contributed by atoms with Crippen molar-refractivity contribution in [3.05, 3.63) is 65.5 Å². The maximum Gasteiger partial charge on any atom is 0.338 e. The molecular weight excluding hydrogens is 430 g/mol. The predicted octanol–water partition coefficient (Wildman–Crippen LogP) is 4.68. The van der Waals surface area contributed by atoms with E-state index in [-0.39, 0.29) is 23.5 Å². The van der Waals surface area contributed by atoms with Crippen LogP contribution in [0.5, 0.6) is 5.75 Å². The number of carbonyl (C=O) groups is 2. The number of esters is 1. The molecule has 0 fully saturated rings. The van der Waals surface area contributed by atoms with Crippen LogP contribution >= 0.6 is 11.8 Å². The molecule has 1 N–H and O–H groups in total. The summed E-state index contributed by atoms with van der Waals surface area (Å²) >= 11 is 1.13. The van der Waals surface area contributed by atoms with Gasteiger partial charge in [0, 0.05) is 5.69 Å². The van der Waals surface area contributed by atoms with E-state index < -0.39 is 5.97 Å². The SMILES string of the molecule is CCOC(=O)c1ccc(NC(=O)CSc2nnc(COc3ccc(C(C)C)cc3)o2)cc1. The summed E-state index contributed by atoms with van der Waals surface area (Å²) in [6, 6.07) is 14.4. The number of aromatic nitrogens is 2. The fourth-order valence-corrected chi connectivity index (χ4v) is 3.26. The van der Waals surface area contributed by atoms with Gasteiger partial charge in [0.05, 0.1) is 17.9 Å². The zero-order valence-electron chi connectivity index (χ0n) is 18.2. The molecule has 168 valence electrons. The molecule has 0 saturated carbocycles. The highest BCUT2D eigenvalue weighted by Gasteiger charge is 2.12. The molecule has 2 aromatic carbocycles. The van der Waals surface area contributed by atoms with Gasteiger partial charge < -0.3 is 19.2 Å². The summed E-state index contributed by atoms with van der Waals surface area (Å²) in [5.74, 6) is 0.967. The minimum Gasteiger partial charge on any atom is -0.484 e. The predicted molar refractivity (Wildman–Crippen MR) is 121 cm³/mol. The Hall–Kier alpha value is -3.33. The number of thioether (sulfide) groups is 1. The lowest BCUT2D eigenvalue weighted by Gasteiger charge is -2.07. The van der Waals surface area contributed by atoms with E-state index in [0.29, 0.717) is 29.7 Å². The number of hydrogen-bond acceptors (Lipinski definition) is 8. The van der Waals surface area contributed by atoms with Crippen molar-refractivity contribution in [1.29, 1.82) is 0 Å². The van der Waals surface area contributed by atoms with Crippen LogP contribution in [0, 0.1) is 0 Å². The molecule has 0 aliphatic heterocycles. The van der Waals surface area contributed by atoms with Crippen molar-refractivity contribution in [2.45, 2.75) is 38.5 Å². The number of benzene rings is 2. The molecule has 0 spiro atoms. The third-order valence-electron chi connectivity index (χ3n) is 4.36. The Bertz CT molecular complexity index is 1030. The quantitative estimate of drug-likeness (QED) is 0.347. The zero-order valence-corrected chi connectivity index (χ0v) is 19.0.